The van der Waals surface area contributed by atoms with E-state index in [0.29, 0.717) is 6.04 Å². The predicted molar refractivity (Wildman–Crippen MR) is 157 cm³/mol. The second kappa shape index (κ2) is 10.8. The van der Waals surface area contributed by atoms with Crippen LogP contribution in [-0.4, -0.2) is 26.5 Å². The van der Waals surface area contributed by atoms with Crippen molar-refractivity contribution in [3.05, 3.63) is 76.5 Å². The standard InChI is InChI=1S/C32H34N6O/c1-21-26(12-8-18-33-21)36-28-19-30-32(20-29(28)35-23-9-4-3-5-10-23)38(31-13-7-6-11-27(31)37-30)25-16-14-24(15-17-25)34-22(2)39/h8,11-20,23,36H,3-7,9-10H2,1-2H3,(H,34,39). The third kappa shape index (κ3) is 5.35. The lowest BCUT2D eigenvalue weighted by Gasteiger charge is -2.22. The van der Waals surface area contributed by atoms with Crippen LogP contribution in [0.15, 0.2) is 59.7 Å². The highest BCUT2D eigenvalue weighted by atomic mass is 16.1. The van der Waals surface area contributed by atoms with Crippen molar-refractivity contribution in [1.29, 1.82) is 0 Å². The molecule has 0 unspecified atom stereocenters. The Morgan fingerprint density at radius 1 is 1.00 bits per heavy atom. The number of rotatable bonds is 5. The fourth-order valence-corrected chi connectivity index (χ4v) is 5.60. The van der Waals surface area contributed by atoms with Crippen molar-refractivity contribution >= 4 is 35.1 Å². The number of benzene rings is 2. The molecule has 7 heteroatoms. The molecule has 198 valence electrons. The van der Waals surface area contributed by atoms with Gasteiger partial charge in [-0.25, -0.2) is 4.98 Å². The first kappa shape index (κ1) is 25.0. The van der Waals surface area contributed by atoms with Crippen LogP contribution in [0.1, 0.15) is 57.6 Å². The molecule has 1 amide bonds. The van der Waals surface area contributed by atoms with E-state index in [1.807, 2.05) is 31.3 Å². The van der Waals surface area contributed by atoms with Gasteiger partial charge in [0.05, 0.1) is 50.6 Å². The van der Waals surface area contributed by atoms with Gasteiger partial charge in [0, 0.05) is 24.5 Å². The van der Waals surface area contributed by atoms with Crippen LogP contribution in [0.2, 0.25) is 0 Å². The smallest absolute Gasteiger partial charge is 0.221 e. The molecule has 1 fully saturated rings. The number of amides is 1. The maximum absolute atomic E-state index is 11.6. The molecule has 1 aliphatic heterocycles. The van der Waals surface area contributed by atoms with E-state index in [-0.39, 0.29) is 5.91 Å². The SMILES string of the molecule is CC(=O)Nc1ccc(-n2c3cc(=NC4CCCCC4)c(Nc4cccnc4C)cc-3nc3c2=CCCC=3)cc1. The van der Waals surface area contributed by atoms with Crippen molar-refractivity contribution < 1.29 is 4.79 Å². The zero-order valence-corrected chi connectivity index (χ0v) is 22.6. The quantitative estimate of drug-likeness (QED) is 0.391. The lowest BCUT2D eigenvalue weighted by molar-refractivity contribution is -0.114. The number of aromatic nitrogens is 3. The largest absolute Gasteiger partial charge is 0.352 e. The Hall–Kier alpha value is -4.26. The van der Waals surface area contributed by atoms with Gasteiger partial charge >= 0.3 is 0 Å². The second-order valence-corrected chi connectivity index (χ2v) is 10.5. The highest BCUT2D eigenvalue weighted by Crippen LogP contribution is 2.26. The predicted octanol–water partition coefficient (Wildman–Crippen LogP) is 4.97. The average Bonchev–Trinajstić information content (AvgIpc) is 2.94. The fraction of sp³-hybridized carbons (Fsp3) is 0.312. The van der Waals surface area contributed by atoms with Crippen LogP contribution in [0.4, 0.5) is 17.1 Å². The number of carbonyl (C=O) groups is 1. The molecule has 0 radical (unpaired) electrons. The summed E-state index contributed by atoms with van der Waals surface area (Å²) in [5.74, 6) is -0.0806. The average molecular weight is 519 g/mol. The van der Waals surface area contributed by atoms with E-state index in [9.17, 15) is 4.79 Å². The normalized spacial score (nSPS) is 15.8. The first-order valence-electron chi connectivity index (χ1n) is 13.9. The number of pyridine rings is 1. The molecule has 0 saturated heterocycles. The fourth-order valence-electron chi connectivity index (χ4n) is 5.60. The van der Waals surface area contributed by atoms with Gasteiger partial charge in [0.15, 0.2) is 0 Å². The van der Waals surface area contributed by atoms with E-state index in [2.05, 4.69) is 62.7 Å². The summed E-state index contributed by atoms with van der Waals surface area (Å²) in [5.41, 5.74) is 6.57. The molecule has 4 aliphatic rings. The van der Waals surface area contributed by atoms with Gasteiger partial charge in [0.25, 0.3) is 0 Å². The topological polar surface area (TPSA) is 84.2 Å². The van der Waals surface area contributed by atoms with E-state index in [0.717, 1.165) is 81.6 Å². The number of anilines is 3. The summed E-state index contributed by atoms with van der Waals surface area (Å²) in [7, 11) is 0. The Labute approximate surface area is 228 Å². The van der Waals surface area contributed by atoms with Crippen molar-refractivity contribution in [3.8, 4) is 17.1 Å². The van der Waals surface area contributed by atoms with Crippen molar-refractivity contribution in [1.82, 2.24) is 14.5 Å². The van der Waals surface area contributed by atoms with Crippen LogP contribution < -0.4 is 26.7 Å². The van der Waals surface area contributed by atoms with Gasteiger partial charge in [-0.1, -0.05) is 31.4 Å². The van der Waals surface area contributed by atoms with Crippen LogP contribution in [0.5, 0.6) is 0 Å². The summed E-state index contributed by atoms with van der Waals surface area (Å²) in [4.78, 5) is 26.4. The molecule has 1 saturated carbocycles. The zero-order chi connectivity index (χ0) is 26.8. The summed E-state index contributed by atoms with van der Waals surface area (Å²) in [6.45, 7) is 3.54. The highest BCUT2D eigenvalue weighted by Gasteiger charge is 2.18. The summed E-state index contributed by atoms with van der Waals surface area (Å²) in [6, 6.07) is 16.6. The Balaban J connectivity index is 1.58. The maximum Gasteiger partial charge on any atom is 0.221 e. The molecule has 1 aromatic carbocycles. The number of carbonyl (C=O) groups excluding carboxylic acids is 1. The molecule has 2 N–H and O–H groups in total. The van der Waals surface area contributed by atoms with Gasteiger partial charge < -0.3 is 15.2 Å². The van der Waals surface area contributed by atoms with Gasteiger partial charge in [-0.3, -0.25) is 14.8 Å². The molecule has 39 heavy (non-hydrogen) atoms. The lowest BCUT2D eigenvalue weighted by Crippen LogP contribution is -2.40. The molecule has 0 spiro atoms. The summed E-state index contributed by atoms with van der Waals surface area (Å²) in [5, 5.41) is 9.52. The third-order valence-electron chi connectivity index (χ3n) is 7.54. The summed E-state index contributed by atoms with van der Waals surface area (Å²) >= 11 is 0. The van der Waals surface area contributed by atoms with Crippen molar-refractivity contribution in [2.45, 2.75) is 64.8 Å². The first-order valence-corrected chi connectivity index (χ1v) is 13.9. The Kier molecular flexibility index (Phi) is 6.97. The van der Waals surface area contributed by atoms with Gasteiger partial charge in [-0.15, -0.1) is 0 Å². The number of hydrogen-bond acceptors (Lipinski definition) is 5. The van der Waals surface area contributed by atoms with Crippen molar-refractivity contribution in [2.24, 2.45) is 4.99 Å². The lowest BCUT2D eigenvalue weighted by atomic mass is 9.96. The molecule has 0 atom stereocenters. The highest BCUT2D eigenvalue weighted by molar-refractivity contribution is 5.88. The van der Waals surface area contributed by atoms with Crippen LogP contribution >= 0.6 is 0 Å². The molecule has 2 aromatic rings. The van der Waals surface area contributed by atoms with Gasteiger partial charge in [0.1, 0.15) is 0 Å². The number of nitrogens with zero attached hydrogens (tertiary/aromatic N) is 4. The number of aryl methyl sites for hydroxylation is 1. The minimum absolute atomic E-state index is 0.0806. The third-order valence-corrected chi connectivity index (χ3v) is 7.54. The molecular formula is C32H34N6O. The van der Waals surface area contributed by atoms with Gasteiger partial charge in [-0.05, 0) is 81.1 Å². The van der Waals surface area contributed by atoms with E-state index in [1.54, 1.807) is 0 Å². The molecule has 0 bridgehead atoms. The molecular weight excluding hydrogens is 484 g/mol. The van der Waals surface area contributed by atoms with Crippen LogP contribution in [0.3, 0.4) is 0 Å². The van der Waals surface area contributed by atoms with Crippen molar-refractivity contribution in [2.75, 3.05) is 10.6 Å². The monoisotopic (exact) mass is 518 g/mol. The van der Waals surface area contributed by atoms with Crippen molar-refractivity contribution in [3.63, 3.8) is 0 Å². The molecule has 3 aliphatic carbocycles. The number of hydrogen-bond donors (Lipinski definition) is 2. The Bertz CT molecular complexity index is 1680. The Morgan fingerprint density at radius 3 is 2.56 bits per heavy atom. The van der Waals surface area contributed by atoms with E-state index in [1.165, 1.54) is 26.2 Å². The minimum Gasteiger partial charge on any atom is -0.352 e. The minimum atomic E-state index is -0.0806. The van der Waals surface area contributed by atoms with E-state index in [4.69, 9.17) is 9.98 Å². The van der Waals surface area contributed by atoms with Crippen LogP contribution in [0.25, 0.3) is 29.2 Å². The molecule has 6 rings (SSSR count). The number of fused-ring (bicyclic) bond motifs is 2. The van der Waals surface area contributed by atoms with E-state index < -0.39 is 0 Å². The number of nitrogens with one attached hydrogen (secondary N) is 2. The maximum atomic E-state index is 11.6. The van der Waals surface area contributed by atoms with Crippen LogP contribution in [0, 0.1) is 6.92 Å². The van der Waals surface area contributed by atoms with Gasteiger partial charge in [-0.2, -0.15) is 0 Å². The van der Waals surface area contributed by atoms with Crippen LogP contribution in [-0.2, 0) is 4.79 Å². The first-order chi connectivity index (χ1) is 19.0. The summed E-state index contributed by atoms with van der Waals surface area (Å²) < 4.78 is 2.28. The zero-order valence-electron chi connectivity index (χ0n) is 22.6. The Morgan fingerprint density at radius 2 is 1.79 bits per heavy atom. The van der Waals surface area contributed by atoms with E-state index >= 15 is 0 Å². The summed E-state index contributed by atoms with van der Waals surface area (Å²) in [6.07, 6.45) is 14.3. The molecule has 1 aromatic heterocycles. The molecule has 7 nitrogen and oxygen atoms in total. The second-order valence-electron chi connectivity index (χ2n) is 10.5. The molecule has 2 heterocycles. The van der Waals surface area contributed by atoms with Gasteiger partial charge in [0.2, 0.25) is 5.91 Å².